The second kappa shape index (κ2) is 7.42. The largest absolute Gasteiger partial charge is 0.468 e. The van der Waals surface area contributed by atoms with Gasteiger partial charge in [0.15, 0.2) is 5.78 Å². The molecule has 0 heterocycles. The summed E-state index contributed by atoms with van der Waals surface area (Å²) in [6.45, 7) is 0.698. The van der Waals surface area contributed by atoms with E-state index in [2.05, 4.69) is 9.47 Å². The average molecular weight is 288 g/mol. The van der Waals surface area contributed by atoms with Gasteiger partial charge in [0.05, 0.1) is 7.11 Å². The fourth-order valence-corrected chi connectivity index (χ4v) is 1.34. The van der Waals surface area contributed by atoms with Crippen LogP contribution in [0.3, 0.4) is 0 Å². The number of hydrogen-bond donors (Lipinski definition) is 0. The average Bonchev–Trinajstić information content (AvgIpc) is 2.27. The zero-order valence-electron chi connectivity index (χ0n) is 10.8. The maximum atomic E-state index is 12.5. The fraction of sp³-hybridized carbons (Fsp3) is 0.818. The molecule has 1 atom stereocenters. The molecule has 0 aliphatic heterocycles. The predicted octanol–water partition coefficient (Wildman–Crippen LogP) is 1.92. The molecule has 0 amide bonds. The Balaban J connectivity index is 4.41. The number of carbonyl (C=O) groups is 2. The molecule has 0 spiro atoms. The van der Waals surface area contributed by atoms with E-state index in [-0.39, 0.29) is 0 Å². The van der Waals surface area contributed by atoms with Gasteiger partial charge in [0.1, 0.15) is 19.1 Å². The molecule has 4 nitrogen and oxygen atoms in total. The van der Waals surface area contributed by atoms with Crippen molar-refractivity contribution in [3.63, 3.8) is 0 Å². The summed E-state index contributed by atoms with van der Waals surface area (Å²) in [4.78, 5) is 22.9. The number of esters is 1. The van der Waals surface area contributed by atoms with Crippen molar-refractivity contribution in [1.82, 2.24) is 0 Å². The molecule has 0 radical (unpaired) electrons. The fourth-order valence-electron chi connectivity index (χ4n) is 1.34. The SMILES string of the molecule is COC(=O)C(C(=O)COCC(F)(F)C(F)F)C(C)C. The Labute approximate surface area is 108 Å². The summed E-state index contributed by atoms with van der Waals surface area (Å²) in [6.07, 6.45) is -3.87. The van der Waals surface area contributed by atoms with Crippen molar-refractivity contribution in [2.45, 2.75) is 26.2 Å². The number of methoxy groups -OCH3 is 1. The van der Waals surface area contributed by atoms with Gasteiger partial charge in [-0.05, 0) is 5.92 Å². The van der Waals surface area contributed by atoms with Crippen LogP contribution in [-0.4, -0.2) is 44.4 Å². The third-order valence-corrected chi connectivity index (χ3v) is 2.33. The number of ether oxygens (including phenoxy) is 2. The third kappa shape index (κ3) is 5.54. The number of hydrogen-bond acceptors (Lipinski definition) is 4. The molecule has 19 heavy (non-hydrogen) atoms. The lowest BCUT2D eigenvalue weighted by atomic mass is 9.92. The minimum absolute atomic E-state index is 0.417. The van der Waals surface area contributed by atoms with Crippen LogP contribution in [0, 0.1) is 11.8 Å². The van der Waals surface area contributed by atoms with Crippen LogP contribution < -0.4 is 0 Å². The maximum Gasteiger partial charge on any atom is 0.330 e. The molecule has 0 aliphatic rings. The minimum atomic E-state index is -4.32. The molecule has 0 aromatic heterocycles. The first-order valence-corrected chi connectivity index (χ1v) is 5.47. The lowest BCUT2D eigenvalue weighted by Crippen LogP contribution is -2.36. The molecule has 0 fully saturated rings. The number of rotatable bonds is 8. The summed E-state index contributed by atoms with van der Waals surface area (Å²) >= 11 is 0. The highest BCUT2D eigenvalue weighted by Gasteiger charge is 2.41. The molecule has 0 N–H and O–H groups in total. The van der Waals surface area contributed by atoms with E-state index in [0.29, 0.717) is 0 Å². The Morgan fingerprint density at radius 2 is 1.74 bits per heavy atom. The van der Waals surface area contributed by atoms with Crippen LogP contribution >= 0.6 is 0 Å². The van der Waals surface area contributed by atoms with E-state index in [9.17, 15) is 27.2 Å². The van der Waals surface area contributed by atoms with Crippen molar-refractivity contribution in [3.05, 3.63) is 0 Å². The van der Waals surface area contributed by atoms with Crippen molar-refractivity contribution in [3.8, 4) is 0 Å². The topological polar surface area (TPSA) is 52.6 Å². The van der Waals surface area contributed by atoms with Crippen LogP contribution in [-0.2, 0) is 19.1 Å². The minimum Gasteiger partial charge on any atom is -0.468 e. The van der Waals surface area contributed by atoms with Gasteiger partial charge in [0, 0.05) is 0 Å². The van der Waals surface area contributed by atoms with Crippen molar-refractivity contribution >= 4 is 11.8 Å². The number of halogens is 4. The molecule has 8 heteroatoms. The summed E-state index contributed by atoms with van der Waals surface area (Å²) < 4.78 is 57.3. The molecule has 0 bridgehead atoms. The Kier molecular flexibility index (Phi) is 6.96. The number of Topliss-reactive ketones (excluding diaryl/α,β-unsaturated/α-hetero) is 1. The van der Waals surface area contributed by atoms with Crippen molar-refractivity contribution in [1.29, 1.82) is 0 Å². The quantitative estimate of drug-likeness (QED) is 0.389. The molecule has 0 rings (SSSR count). The van der Waals surface area contributed by atoms with E-state index < -0.39 is 49.2 Å². The summed E-state index contributed by atoms with van der Waals surface area (Å²) in [6, 6.07) is 0. The van der Waals surface area contributed by atoms with Crippen LogP contribution in [0.5, 0.6) is 0 Å². The van der Waals surface area contributed by atoms with E-state index in [0.717, 1.165) is 7.11 Å². The second-order valence-corrected chi connectivity index (χ2v) is 4.27. The summed E-state index contributed by atoms with van der Waals surface area (Å²) in [5.41, 5.74) is 0. The molecule has 0 saturated carbocycles. The van der Waals surface area contributed by atoms with Crippen molar-refractivity contribution in [2.24, 2.45) is 11.8 Å². The smallest absolute Gasteiger partial charge is 0.330 e. The van der Waals surface area contributed by atoms with Gasteiger partial charge in [0.2, 0.25) is 0 Å². The number of ketones is 1. The Bertz CT molecular complexity index is 318. The van der Waals surface area contributed by atoms with Crippen LogP contribution in [0.25, 0.3) is 0 Å². The van der Waals surface area contributed by atoms with Gasteiger partial charge in [-0.1, -0.05) is 13.8 Å². The Morgan fingerprint density at radius 1 is 1.21 bits per heavy atom. The first-order chi connectivity index (χ1) is 8.63. The lowest BCUT2D eigenvalue weighted by Gasteiger charge is -2.18. The van der Waals surface area contributed by atoms with Crippen LogP contribution in [0.1, 0.15) is 13.8 Å². The van der Waals surface area contributed by atoms with Crippen LogP contribution in [0.15, 0.2) is 0 Å². The van der Waals surface area contributed by atoms with Crippen LogP contribution in [0.4, 0.5) is 17.6 Å². The van der Waals surface area contributed by atoms with E-state index in [4.69, 9.17) is 0 Å². The van der Waals surface area contributed by atoms with E-state index in [1.807, 2.05) is 0 Å². The molecule has 0 aliphatic carbocycles. The lowest BCUT2D eigenvalue weighted by molar-refractivity contribution is -0.170. The Hall–Kier alpha value is -1.18. The molecule has 0 aromatic rings. The number of carbonyl (C=O) groups excluding carboxylic acids is 2. The van der Waals surface area contributed by atoms with Crippen molar-refractivity contribution in [2.75, 3.05) is 20.3 Å². The van der Waals surface area contributed by atoms with Gasteiger partial charge in [-0.2, -0.15) is 8.78 Å². The van der Waals surface area contributed by atoms with Gasteiger partial charge in [-0.3, -0.25) is 9.59 Å². The molecule has 1 unspecified atom stereocenters. The monoisotopic (exact) mass is 288 g/mol. The summed E-state index contributed by atoms with van der Waals surface area (Å²) in [5, 5.41) is 0. The van der Waals surface area contributed by atoms with E-state index >= 15 is 0 Å². The van der Waals surface area contributed by atoms with Gasteiger partial charge >= 0.3 is 18.3 Å². The molecular weight excluding hydrogens is 272 g/mol. The van der Waals surface area contributed by atoms with Gasteiger partial charge < -0.3 is 9.47 Å². The van der Waals surface area contributed by atoms with Crippen molar-refractivity contribution < 1.29 is 36.6 Å². The highest BCUT2D eigenvalue weighted by Crippen LogP contribution is 2.23. The van der Waals surface area contributed by atoms with E-state index in [1.54, 1.807) is 13.8 Å². The van der Waals surface area contributed by atoms with Gasteiger partial charge in [-0.15, -0.1) is 0 Å². The maximum absolute atomic E-state index is 12.5. The third-order valence-electron chi connectivity index (χ3n) is 2.33. The number of alkyl halides is 4. The van der Waals surface area contributed by atoms with Crippen LogP contribution in [0.2, 0.25) is 0 Å². The highest BCUT2D eigenvalue weighted by atomic mass is 19.3. The Morgan fingerprint density at radius 3 is 2.11 bits per heavy atom. The summed E-state index contributed by atoms with van der Waals surface area (Å²) in [5.74, 6) is -7.50. The summed E-state index contributed by atoms with van der Waals surface area (Å²) in [7, 11) is 1.08. The normalized spacial score (nSPS) is 13.7. The zero-order valence-corrected chi connectivity index (χ0v) is 10.8. The van der Waals surface area contributed by atoms with E-state index in [1.165, 1.54) is 0 Å². The molecular formula is C11H16F4O4. The second-order valence-electron chi connectivity index (χ2n) is 4.27. The first-order valence-electron chi connectivity index (χ1n) is 5.47. The van der Waals surface area contributed by atoms with Gasteiger partial charge in [0.25, 0.3) is 0 Å². The zero-order chi connectivity index (χ0) is 15.2. The first kappa shape index (κ1) is 17.8. The molecule has 0 saturated heterocycles. The van der Waals surface area contributed by atoms with Gasteiger partial charge in [-0.25, -0.2) is 8.78 Å². The predicted molar refractivity (Wildman–Crippen MR) is 57.1 cm³/mol. The molecule has 112 valence electrons. The molecule has 0 aromatic carbocycles. The highest BCUT2D eigenvalue weighted by molar-refractivity contribution is 5.99. The standard InChI is InChI=1S/C11H16F4O4/c1-6(2)8(9(17)18-3)7(16)4-19-5-11(14,15)10(12)13/h6,8,10H,4-5H2,1-3H3.